The number of para-hydroxylation sites is 1. The Morgan fingerprint density at radius 2 is 1.89 bits per heavy atom. The third-order valence-electron chi connectivity index (χ3n) is 5.02. The molecule has 7 nitrogen and oxygen atoms in total. The van der Waals surface area contributed by atoms with E-state index in [1.807, 2.05) is 18.2 Å². The van der Waals surface area contributed by atoms with Crippen molar-refractivity contribution in [2.45, 2.75) is 19.5 Å². The summed E-state index contributed by atoms with van der Waals surface area (Å²) in [4.78, 5) is 35.1. The number of hydrogen-bond acceptors (Lipinski definition) is 6. The fourth-order valence-electron chi connectivity index (χ4n) is 3.60. The highest BCUT2D eigenvalue weighted by atomic mass is 16.1. The molecular formula is C21H18N6O. The van der Waals surface area contributed by atoms with Gasteiger partial charge in [0.05, 0.1) is 28.0 Å². The summed E-state index contributed by atoms with van der Waals surface area (Å²) in [6, 6.07) is 12.2. The summed E-state index contributed by atoms with van der Waals surface area (Å²) in [6.45, 7) is 2.11. The molecule has 5 rings (SSSR count). The molecule has 28 heavy (non-hydrogen) atoms. The standard InChI is InChI=1S/C21H18N6O/c28-21-17-12-27(11-16-6-5-14-3-1-2-4-18(14)24-16)8-7-19(17)25-20(26-21)15-9-22-13-23-10-15/h1-6,9-10,13H,7-8,11-12H2,(H,25,26,28). The molecule has 0 spiro atoms. The van der Waals surface area contributed by atoms with Crippen molar-refractivity contribution in [2.75, 3.05) is 6.54 Å². The van der Waals surface area contributed by atoms with Gasteiger partial charge in [-0.05, 0) is 12.1 Å². The van der Waals surface area contributed by atoms with Crippen LogP contribution in [0.1, 0.15) is 17.0 Å². The maximum absolute atomic E-state index is 12.7. The van der Waals surface area contributed by atoms with Gasteiger partial charge in [0.15, 0.2) is 0 Å². The van der Waals surface area contributed by atoms with Crippen LogP contribution in [0, 0.1) is 0 Å². The normalized spacial score (nSPS) is 14.1. The first kappa shape index (κ1) is 16.7. The number of nitrogens with zero attached hydrogens (tertiary/aromatic N) is 5. The molecule has 1 aromatic carbocycles. The molecule has 0 unspecified atom stereocenters. The Bertz CT molecular complexity index is 1200. The fraction of sp³-hybridized carbons (Fsp3) is 0.190. The summed E-state index contributed by atoms with van der Waals surface area (Å²) in [5.41, 5.74) is 4.19. The minimum absolute atomic E-state index is 0.0972. The van der Waals surface area contributed by atoms with Gasteiger partial charge in [-0.3, -0.25) is 14.7 Å². The molecule has 0 bridgehead atoms. The molecule has 1 N–H and O–H groups in total. The Morgan fingerprint density at radius 1 is 1.04 bits per heavy atom. The highest BCUT2D eigenvalue weighted by Gasteiger charge is 2.22. The molecule has 7 heteroatoms. The highest BCUT2D eigenvalue weighted by molar-refractivity contribution is 5.78. The number of pyridine rings is 1. The zero-order valence-corrected chi connectivity index (χ0v) is 15.2. The molecule has 3 aromatic heterocycles. The number of rotatable bonds is 3. The minimum Gasteiger partial charge on any atom is -0.306 e. The van der Waals surface area contributed by atoms with E-state index in [-0.39, 0.29) is 5.56 Å². The van der Waals surface area contributed by atoms with Crippen molar-refractivity contribution >= 4 is 10.9 Å². The molecule has 0 amide bonds. The Labute approximate surface area is 161 Å². The van der Waals surface area contributed by atoms with Gasteiger partial charge in [0, 0.05) is 43.8 Å². The Morgan fingerprint density at radius 3 is 2.79 bits per heavy atom. The van der Waals surface area contributed by atoms with Gasteiger partial charge in [-0.2, -0.15) is 0 Å². The predicted octanol–water partition coefficient (Wildman–Crippen LogP) is 2.33. The molecular weight excluding hydrogens is 352 g/mol. The molecule has 0 radical (unpaired) electrons. The molecule has 4 aromatic rings. The first-order valence-corrected chi connectivity index (χ1v) is 9.21. The lowest BCUT2D eigenvalue weighted by atomic mass is 10.1. The van der Waals surface area contributed by atoms with Crippen LogP contribution in [0.4, 0.5) is 0 Å². The van der Waals surface area contributed by atoms with Crippen molar-refractivity contribution in [2.24, 2.45) is 0 Å². The van der Waals surface area contributed by atoms with Crippen LogP contribution >= 0.6 is 0 Å². The molecule has 0 saturated heterocycles. The third kappa shape index (κ3) is 3.16. The van der Waals surface area contributed by atoms with Crippen LogP contribution in [0.15, 0.2) is 59.9 Å². The average Bonchev–Trinajstić information content (AvgIpc) is 2.74. The number of fused-ring (bicyclic) bond motifs is 2. The van der Waals surface area contributed by atoms with E-state index in [1.54, 1.807) is 12.4 Å². The van der Waals surface area contributed by atoms with Crippen molar-refractivity contribution in [1.29, 1.82) is 0 Å². The van der Waals surface area contributed by atoms with Gasteiger partial charge < -0.3 is 4.98 Å². The van der Waals surface area contributed by atoms with E-state index in [1.165, 1.54) is 6.33 Å². The summed E-state index contributed by atoms with van der Waals surface area (Å²) >= 11 is 0. The van der Waals surface area contributed by atoms with E-state index in [2.05, 4.69) is 43.0 Å². The Kier molecular flexibility index (Phi) is 4.14. The van der Waals surface area contributed by atoms with Gasteiger partial charge in [-0.15, -0.1) is 0 Å². The third-order valence-corrected chi connectivity index (χ3v) is 5.02. The molecule has 0 fully saturated rings. The van der Waals surface area contributed by atoms with Crippen LogP contribution in [0.2, 0.25) is 0 Å². The molecule has 138 valence electrons. The average molecular weight is 370 g/mol. The topological polar surface area (TPSA) is 87.7 Å². The number of hydrogen-bond donors (Lipinski definition) is 1. The maximum Gasteiger partial charge on any atom is 0.255 e. The second-order valence-electron chi connectivity index (χ2n) is 6.92. The largest absolute Gasteiger partial charge is 0.306 e. The van der Waals surface area contributed by atoms with E-state index < -0.39 is 0 Å². The summed E-state index contributed by atoms with van der Waals surface area (Å²) in [5.74, 6) is 0.522. The lowest BCUT2D eigenvalue weighted by Gasteiger charge is -2.27. The van der Waals surface area contributed by atoms with E-state index in [0.29, 0.717) is 24.5 Å². The van der Waals surface area contributed by atoms with Crippen LogP contribution < -0.4 is 5.56 Å². The van der Waals surface area contributed by atoms with Crippen molar-refractivity contribution in [3.8, 4) is 11.4 Å². The molecule has 1 aliphatic heterocycles. The van der Waals surface area contributed by atoms with Crippen molar-refractivity contribution in [1.82, 2.24) is 29.8 Å². The predicted molar refractivity (Wildman–Crippen MR) is 105 cm³/mol. The van der Waals surface area contributed by atoms with Crippen molar-refractivity contribution < 1.29 is 0 Å². The molecule has 0 aliphatic carbocycles. The second kappa shape index (κ2) is 6.94. The summed E-state index contributed by atoms with van der Waals surface area (Å²) in [5, 5.41) is 1.13. The van der Waals surface area contributed by atoms with E-state index >= 15 is 0 Å². The first-order chi connectivity index (χ1) is 13.8. The molecule has 0 atom stereocenters. The van der Waals surface area contributed by atoms with Crippen LogP contribution in [0.3, 0.4) is 0 Å². The number of benzene rings is 1. The number of H-pyrrole nitrogens is 1. The van der Waals surface area contributed by atoms with Gasteiger partial charge in [0.25, 0.3) is 5.56 Å². The van der Waals surface area contributed by atoms with Crippen LogP contribution in [-0.2, 0) is 19.5 Å². The Balaban J connectivity index is 1.39. The molecule has 4 heterocycles. The lowest BCUT2D eigenvalue weighted by Crippen LogP contribution is -2.35. The zero-order chi connectivity index (χ0) is 18.9. The van der Waals surface area contributed by atoms with E-state index in [9.17, 15) is 4.79 Å². The van der Waals surface area contributed by atoms with Gasteiger partial charge >= 0.3 is 0 Å². The smallest absolute Gasteiger partial charge is 0.255 e. The zero-order valence-electron chi connectivity index (χ0n) is 15.2. The number of nitrogens with one attached hydrogen (secondary N) is 1. The van der Waals surface area contributed by atoms with Crippen LogP contribution in [-0.4, -0.2) is 36.4 Å². The maximum atomic E-state index is 12.7. The number of aromatic amines is 1. The highest BCUT2D eigenvalue weighted by Crippen LogP contribution is 2.20. The Hall–Kier alpha value is -3.45. The summed E-state index contributed by atoms with van der Waals surface area (Å²) < 4.78 is 0. The van der Waals surface area contributed by atoms with Crippen molar-refractivity contribution in [3.63, 3.8) is 0 Å². The van der Waals surface area contributed by atoms with Gasteiger partial charge in [0.1, 0.15) is 12.2 Å². The number of aromatic nitrogens is 5. The second-order valence-corrected chi connectivity index (χ2v) is 6.92. The minimum atomic E-state index is -0.0972. The van der Waals surface area contributed by atoms with Crippen LogP contribution in [0.5, 0.6) is 0 Å². The molecule has 1 aliphatic rings. The van der Waals surface area contributed by atoms with E-state index in [4.69, 9.17) is 4.98 Å². The first-order valence-electron chi connectivity index (χ1n) is 9.21. The monoisotopic (exact) mass is 370 g/mol. The SMILES string of the molecule is O=c1[nH]c(-c2cncnc2)nc2c1CN(Cc1ccc3ccccc3n1)CC2. The lowest BCUT2D eigenvalue weighted by molar-refractivity contribution is 0.239. The van der Waals surface area contributed by atoms with E-state index in [0.717, 1.165) is 40.8 Å². The van der Waals surface area contributed by atoms with Gasteiger partial charge in [-0.25, -0.2) is 15.0 Å². The summed E-state index contributed by atoms with van der Waals surface area (Å²) in [7, 11) is 0. The fourth-order valence-corrected chi connectivity index (χ4v) is 3.60. The van der Waals surface area contributed by atoms with Crippen molar-refractivity contribution in [3.05, 3.63) is 82.4 Å². The van der Waals surface area contributed by atoms with Gasteiger partial charge in [0.2, 0.25) is 0 Å². The quantitative estimate of drug-likeness (QED) is 0.596. The summed E-state index contributed by atoms with van der Waals surface area (Å²) in [6.07, 6.45) is 5.49. The van der Waals surface area contributed by atoms with Gasteiger partial charge in [-0.1, -0.05) is 24.3 Å². The molecule has 0 saturated carbocycles. The van der Waals surface area contributed by atoms with Crippen LogP contribution in [0.25, 0.3) is 22.3 Å².